The number of imidazole rings is 1. The Balaban J connectivity index is 2.66. The Morgan fingerprint density at radius 3 is 2.76 bits per heavy atom. The van der Waals surface area contributed by atoms with Gasteiger partial charge in [-0.15, -0.1) is 11.6 Å². The van der Waals surface area contributed by atoms with Gasteiger partial charge in [-0.1, -0.05) is 13.3 Å². The van der Waals surface area contributed by atoms with E-state index in [9.17, 15) is 4.39 Å². The van der Waals surface area contributed by atoms with Crippen molar-refractivity contribution in [1.82, 2.24) is 9.55 Å². The maximum Gasteiger partial charge on any atom is 0.138 e. The molecule has 6 heteroatoms. The van der Waals surface area contributed by atoms with Gasteiger partial charge in [0.25, 0.3) is 0 Å². The first-order chi connectivity index (χ1) is 9.99. The summed E-state index contributed by atoms with van der Waals surface area (Å²) in [6.07, 6.45) is 1.94. The van der Waals surface area contributed by atoms with Crippen LogP contribution < -0.4 is 0 Å². The van der Waals surface area contributed by atoms with Crippen LogP contribution in [0, 0.1) is 9.39 Å². The second-order valence-electron chi connectivity index (χ2n) is 5.11. The highest BCUT2D eigenvalue weighted by Crippen LogP contribution is 2.31. The zero-order chi connectivity index (χ0) is 15.6. The van der Waals surface area contributed by atoms with Gasteiger partial charge in [0.15, 0.2) is 0 Å². The first kappa shape index (κ1) is 17.0. The summed E-state index contributed by atoms with van der Waals surface area (Å²) in [6, 6.07) is 3.42. The van der Waals surface area contributed by atoms with Crippen LogP contribution in [0.25, 0.3) is 11.0 Å². The van der Waals surface area contributed by atoms with Gasteiger partial charge in [-0.3, -0.25) is 0 Å². The monoisotopic (exact) mass is 424 g/mol. The van der Waals surface area contributed by atoms with E-state index in [1.54, 1.807) is 19.2 Å². The summed E-state index contributed by atoms with van der Waals surface area (Å²) in [7, 11) is 1.68. The predicted molar refractivity (Wildman–Crippen MR) is 92.5 cm³/mol. The van der Waals surface area contributed by atoms with Crippen LogP contribution in [0.1, 0.15) is 43.9 Å². The summed E-state index contributed by atoms with van der Waals surface area (Å²) in [4.78, 5) is 4.60. The molecule has 0 aliphatic carbocycles. The number of methoxy groups -OCH3 is 1. The third-order valence-electron chi connectivity index (χ3n) is 3.46. The average molecular weight is 425 g/mol. The lowest BCUT2D eigenvalue weighted by molar-refractivity contribution is 0.150. The largest absolute Gasteiger partial charge is 0.383 e. The minimum atomic E-state index is -0.241. The van der Waals surface area contributed by atoms with E-state index in [1.165, 1.54) is 0 Å². The highest BCUT2D eigenvalue weighted by atomic mass is 127. The molecule has 116 valence electrons. The minimum absolute atomic E-state index is 0.112. The molecule has 0 amide bonds. The van der Waals surface area contributed by atoms with E-state index in [0.29, 0.717) is 10.2 Å². The highest BCUT2D eigenvalue weighted by molar-refractivity contribution is 14.1. The van der Waals surface area contributed by atoms with E-state index in [1.807, 2.05) is 34.1 Å². The molecule has 0 spiro atoms. The van der Waals surface area contributed by atoms with Gasteiger partial charge in [-0.2, -0.15) is 0 Å². The Labute approximate surface area is 143 Å². The molecule has 0 saturated heterocycles. The van der Waals surface area contributed by atoms with Crippen molar-refractivity contribution < 1.29 is 9.13 Å². The van der Waals surface area contributed by atoms with E-state index in [2.05, 4.69) is 11.9 Å². The van der Waals surface area contributed by atoms with Crippen molar-refractivity contribution in [3.8, 4) is 0 Å². The summed E-state index contributed by atoms with van der Waals surface area (Å²) >= 11 is 8.26. The molecule has 1 aromatic heterocycles. The summed E-state index contributed by atoms with van der Waals surface area (Å²) < 4.78 is 21.9. The average Bonchev–Trinajstić information content (AvgIpc) is 2.78. The lowest BCUT2D eigenvalue weighted by Gasteiger charge is -2.21. The topological polar surface area (TPSA) is 27.1 Å². The SMILES string of the molecule is CCCC(COC)n1c(C(C)Cl)nc2cc(I)c(F)cc21. The van der Waals surface area contributed by atoms with Crippen LogP contribution in [0.2, 0.25) is 0 Å². The Hall–Kier alpha value is -0.400. The lowest BCUT2D eigenvalue weighted by atomic mass is 10.1. The number of aromatic nitrogens is 2. The van der Waals surface area contributed by atoms with Gasteiger partial charge in [-0.05, 0) is 42.0 Å². The molecule has 2 aromatic rings. The van der Waals surface area contributed by atoms with Crippen LogP contribution in [0.5, 0.6) is 0 Å². The third kappa shape index (κ3) is 3.51. The maximum absolute atomic E-state index is 14.0. The first-order valence-corrected chi connectivity index (χ1v) is 8.51. The molecule has 0 bridgehead atoms. The van der Waals surface area contributed by atoms with Crippen LogP contribution in [0.4, 0.5) is 4.39 Å². The fourth-order valence-electron chi connectivity index (χ4n) is 2.59. The van der Waals surface area contributed by atoms with E-state index in [-0.39, 0.29) is 17.2 Å². The normalized spacial score (nSPS) is 14.6. The van der Waals surface area contributed by atoms with Crippen LogP contribution in [-0.2, 0) is 4.74 Å². The fraction of sp³-hybridized carbons (Fsp3) is 0.533. The number of alkyl halides is 1. The number of hydrogen-bond donors (Lipinski definition) is 0. The van der Waals surface area contributed by atoms with Gasteiger partial charge in [0.1, 0.15) is 11.6 Å². The van der Waals surface area contributed by atoms with E-state index >= 15 is 0 Å². The van der Waals surface area contributed by atoms with Crippen molar-refractivity contribution in [2.75, 3.05) is 13.7 Å². The number of fused-ring (bicyclic) bond motifs is 1. The number of halogens is 3. The van der Waals surface area contributed by atoms with Crippen molar-refractivity contribution in [2.24, 2.45) is 0 Å². The molecule has 0 fully saturated rings. The van der Waals surface area contributed by atoms with Crippen molar-refractivity contribution in [2.45, 2.75) is 38.1 Å². The molecule has 1 heterocycles. The molecular weight excluding hydrogens is 406 g/mol. The van der Waals surface area contributed by atoms with E-state index in [0.717, 1.165) is 29.7 Å². The third-order valence-corrected chi connectivity index (χ3v) is 4.48. The van der Waals surface area contributed by atoms with Crippen molar-refractivity contribution in [3.05, 3.63) is 27.3 Å². The van der Waals surface area contributed by atoms with Crippen LogP contribution in [0.3, 0.4) is 0 Å². The molecule has 2 unspecified atom stereocenters. The van der Waals surface area contributed by atoms with Gasteiger partial charge >= 0.3 is 0 Å². The fourth-order valence-corrected chi connectivity index (χ4v) is 3.19. The molecule has 2 rings (SSSR count). The molecular formula is C15H19ClFIN2O. The highest BCUT2D eigenvalue weighted by Gasteiger charge is 2.22. The quantitative estimate of drug-likeness (QED) is 0.478. The van der Waals surface area contributed by atoms with Gasteiger partial charge in [0, 0.05) is 13.2 Å². The van der Waals surface area contributed by atoms with Crippen molar-refractivity contribution >= 4 is 45.2 Å². The Morgan fingerprint density at radius 2 is 2.19 bits per heavy atom. The predicted octanol–water partition coefficient (Wildman–Crippen LogP) is 5.07. The number of benzene rings is 1. The molecule has 1 aromatic carbocycles. The molecule has 0 saturated carbocycles. The van der Waals surface area contributed by atoms with Crippen molar-refractivity contribution in [1.29, 1.82) is 0 Å². The smallest absolute Gasteiger partial charge is 0.138 e. The number of hydrogen-bond acceptors (Lipinski definition) is 2. The zero-order valence-corrected chi connectivity index (χ0v) is 15.3. The van der Waals surface area contributed by atoms with Crippen LogP contribution >= 0.6 is 34.2 Å². The lowest BCUT2D eigenvalue weighted by Crippen LogP contribution is -2.17. The second kappa shape index (κ2) is 7.24. The Morgan fingerprint density at radius 1 is 1.48 bits per heavy atom. The number of nitrogens with zero attached hydrogens (tertiary/aromatic N) is 2. The second-order valence-corrected chi connectivity index (χ2v) is 6.93. The van der Waals surface area contributed by atoms with Crippen molar-refractivity contribution in [3.63, 3.8) is 0 Å². The molecule has 0 N–H and O–H groups in total. The number of rotatable bonds is 6. The maximum atomic E-state index is 14.0. The Bertz CT molecular complexity index is 624. The van der Waals surface area contributed by atoms with Crippen LogP contribution in [-0.4, -0.2) is 23.3 Å². The van der Waals surface area contributed by atoms with Gasteiger partial charge in [0.2, 0.25) is 0 Å². The number of ether oxygens (including phenoxy) is 1. The van der Waals surface area contributed by atoms with E-state index in [4.69, 9.17) is 16.3 Å². The van der Waals surface area contributed by atoms with Gasteiger partial charge in [-0.25, -0.2) is 9.37 Å². The summed E-state index contributed by atoms with van der Waals surface area (Å²) in [5.41, 5.74) is 1.56. The zero-order valence-electron chi connectivity index (χ0n) is 12.4. The van der Waals surface area contributed by atoms with E-state index < -0.39 is 0 Å². The minimum Gasteiger partial charge on any atom is -0.383 e. The van der Waals surface area contributed by atoms with Gasteiger partial charge < -0.3 is 9.30 Å². The Kier molecular flexibility index (Phi) is 5.85. The molecule has 3 nitrogen and oxygen atoms in total. The molecule has 0 radical (unpaired) electrons. The molecule has 0 aliphatic rings. The first-order valence-electron chi connectivity index (χ1n) is 6.99. The van der Waals surface area contributed by atoms with Gasteiger partial charge in [0.05, 0.1) is 32.6 Å². The molecule has 21 heavy (non-hydrogen) atoms. The molecule has 0 aliphatic heterocycles. The van der Waals surface area contributed by atoms with Crippen LogP contribution in [0.15, 0.2) is 12.1 Å². The molecule has 2 atom stereocenters. The summed E-state index contributed by atoms with van der Waals surface area (Å²) in [5.74, 6) is 0.536. The summed E-state index contributed by atoms with van der Waals surface area (Å²) in [6.45, 7) is 4.56. The standard InChI is InChI=1S/C15H19ClFIN2O/c1-4-5-10(8-21-3)20-14-6-11(17)12(18)7-13(14)19-15(20)9(2)16/h6-7,9-10H,4-5,8H2,1-3H3. The summed E-state index contributed by atoms with van der Waals surface area (Å²) in [5, 5.41) is -0.241.